The van der Waals surface area contributed by atoms with Gasteiger partial charge in [0.1, 0.15) is 0 Å². The zero-order valence-corrected chi connectivity index (χ0v) is 20.1. The second-order valence-corrected chi connectivity index (χ2v) is 10.7. The molecule has 1 saturated heterocycles. The van der Waals surface area contributed by atoms with Crippen LogP contribution in [0.2, 0.25) is 0 Å². The molecule has 0 bridgehead atoms. The second kappa shape index (κ2) is 8.36. The van der Waals surface area contributed by atoms with Crippen LogP contribution in [0.15, 0.2) is 52.6 Å². The normalized spacial score (nSPS) is 30.7. The van der Waals surface area contributed by atoms with E-state index in [4.69, 9.17) is 0 Å². The summed E-state index contributed by atoms with van der Waals surface area (Å²) in [4.78, 5) is 55.3. The third-order valence-electron chi connectivity index (χ3n) is 8.87. The molecule has 1 aliphatic heterocycles. The number of aromatic hydroxyl groups is 1. The second-order valence-electron chi connectivity index (χ2n) is 10.7. The number of phenolic OH excluding ortho intramolecular Hbond substituents is 1. The first-order valence-corrected chi connectivity index (χ1v) is 12.8. The quantitative estimate of drug-likeness (QED) is 0.380. The van der Waals surface area contributed by atoms with Crippen molar-refractivity contribution in [1.29, 1.82) is 0 Å². The molecule has 1 aromatic rings. The molecule has 186 valence electrons. The molecule has 5 aliphatic rings. The molecule has 4 unspecified atom stereocenters. The number of amides is 2. The van der Waals surface area contributed by atoms with E-state index in [2.05, 4.69) is 0 Å². The minimum Gasteiger partial charge on any atom is -0.505 e. The predicted octanol–water partition coefficient (Wildman–Crippen LogP) is 4.29. The number of hydrogen-bond acceptors (Lipinski definition) is 5. The van der Waals surface area contributed by atoms with Crippen molar-refractivity contribution in [2.75, 3.05) is 0 Å². The summed E-state index contributed by atoms with van der Waals surface area (Å²) < 4.78 is 14.4. The summed E-state index contributed by atoms with van der Waals surface area (Å²) in [5, 5.41) is 10.7. The summed E-state index contributed by atoms with van der Waals surface area (Å²) >= 11 is 0. The zero-order valence-electron chi connectivity index (χ0n) is 20.1. The van der Waals surface area contributed by atoms with Crippen LogP contribution in [0.1, 0.15) is 63.4 Å². The van der Waals surface area contributed by atoms with E-state index in [1.165, 1.54) is 17.0 Å². The molecule has 4 atom stereocenters. The van der Waals surface area contributed by atoms with Crippen LogP contribution >= 0.6 is 0 Å². The van der Waals surface area contributed by atoms with Crippen LogP contribution < -0.4 is 0 Å². The SMILES string of the molecule is CC1=CC(=O)C2=C(CC3C(=CCC4C(=O)N(C5CCCCC5)C(=O)C43)C2c2cccc(F)c2O)C1=O. The van der Waals surface area contributed by atoms with E-state index in [-0.39, 0.29) is 47.0 Å². The van der Waals surface area contributed by atoms with Crippen molar-refractivity contribution in [3.8, 4) is 5.75 Å². The number of Topliss-reactive ketones (excluding diaryl/α,β-unsaturated/α-hetero) is 1. The number of benzene rings is 1. The molecule has 6 nitrogen and oxygen atoms in total. The topological polar surface area (TPSA) is 91.8 Å². The number of rotatable bonds is 2. The van der Waals surface area contributed by atoms with Gasteiger partial charge in [-0.05, 0) is 50.7 Å². The Balaban J connectivity index is 1.48. The molecule has 0 aromatic heterocycles. The maximum atomic E-state index is 14.4. The molecule has 1 N–H and O–H groups in total. The fourth-order valence-corrected chi connectivity index (χ4v) is 7.23. The van der Waals surface area contributed by atoms with Gasteiger partial charge in [0.25, 0.3) is 0 Å². The number of ketones is 2. The fraction of sp³-hybridized carbons (Fsp3) is 0.448. The number of imide groups is 1. The van der Waals surface area contributed by atoms with E-state index >= 15 is 0 Å². The number of halogens is 1. The van der Waals surface area contributed by atoms with Crippen LogP contribution in [0, 0.1) is 23.6 Å². The molecule has 0 radical (unpaired) electrons. The number of hydrogen-bond donors (Lipinski definition) is 1. The highest BCUT2D eigenvalue weighted by Crippen LogP contribution is 2.56. The van der Waals surface area contributed by atoms with Crippen molar-refractivity contribution in [2.45, 2.75) is 63.8 Å². The maximum Gasteiger partial charge on any atom is 0.233 e. The summed E-state index contributed by atoms with van der Waals surface area (Å²) in [5.74, 6) is -4.76. The van der Waals surface area contributed by atoms with Crippen LogP contribution in [0.3, 0.4) is 0 Å². The minimum atomic E-state index is -0.845. The molecular weight excluding hydrogens is 461 g/mol. The van der Waals surface area contributed by atoms with Gasteiger partial charge in [0.15, 0.2) is 23.1 Å². The first kappa shape index (κ1) is 23.1. The van der Waals surface area contributed by atoms with E-state index in [0.29, 0.717) is 17.6 Å². The van der Waals surface area contributed by atoms with Gasteiger partial charge in [-0.15, -0.1) is 0 Å². The molecule has 36 heavy (non-hydrogen) atoms. The molecule has 0 spiro atoms. The Bertz CT molecular complexity index is 1310. The molecule has 4 aliphatic carbocycles. The van der Waals surface area contributed by atoms with Crippen molar-refractivity contribution in [1.82, 2.24) is 4.90 Å². The van der Waals surface area contributed by atoms with Crippen molar-refractivity contribution < 1.29 is 28.7 Å². The van der Waals surface area contributed by atoms with Crippen LogP contribution in [-0.2, 0) is 19.2 Å². The van der Waals surface area contributed by atoms with E-state index in [1.807, 2.05) is 6.08 Å². The smallest absolute Gasteiger partial charge is 0.233 e. The Hall–Kier alpha value is -3.35. The van der Waals surface area contributed by atoms with Gasteiger partial charge in [0, 0.05) is 34.2 Å². The van der Waals surface area contributed by atoms with Gasteiger partial charge in [-0.25, -0.2) is 4.39 Å². The number of allylic oxidation sites excluding steroid dienone is 6. The molecule has 1 aromatic carbocycles. The highest BCUT2D eigenvalue weighted by Gasteiger charge is 2.57. The standard InChI is InChI=1S/C29H28FNO5/c1-14-12-22(32)25-20(26(14)33)13-19-16(23(25)17-8-5-9-21(30)27(17)34)10-11-18-24(19)29(36)31(28(18)35)15-6-3-2-4-7-15/h5,8-10,12,15,18-19,23-24,34H,2-4,6-7,11,13H2,1H3. The monoisotopic (exact) mass is 489 g/mol. The van der Waals surface area contributed by atoms with Gasteiger partial charge >= 0.3 is 0 Å². The van der Waals surface area contributed by atoms with Crippen LogP contribution in [0.25, 0.3) is 0 Å². The Morgan fingerprint density at radius 2 is 1.75 bits per heavy atom. The lowest BCUT2D eigenvalue weighted by Crippen LogP contribution is -2.43. The third-order valence-corrected chi connectivity index (χ3v) is 8.87. The summed E-state index contributed by atoms with van der Waals surface area (Å²) in [6.07, 6.45) is 8.43. The molecule has 1 saturated carbocycles. The van der Waals surface area contributed by atoms with Crippen molar-refractivity contribution >= 4 is 23.4 Å². The predicted molar refractivity (Wildman–Crippen MR) is 128 cm³/mol. The van der Waals surface area contributed by atoms with E-state index in [0.717, 1.165) is 43.7 Å². The largest absolute Gasteiger partial charge is 0.505 e. The van der Waals surface area contributed by atoms with Crippen LogP contribution in [-0.4, -0.2) is 39.4 Å². The summed E-state index contributed by atoms with van der Waals surface area (Å²) in [6, 6.07) is 4.07. The first-order chi connectivity index (χ1) is 17.3. The molecule has 6 rings (SSSR count). The average Bonchev–Trinajstić information content (AvgIpc) is 3.13. The van der Waals surface area contributed by atoms with Crippen molar-refractivity contribution in [3.63, 3.8) is 0 Å². The van der Waals surface area contributed by atoms with Gasteiger partial charge in [0.2, 0.25) is 11.8 Å². The van der Waals surface area contributed by atoms with E-state index in [1.54, 1.807) is 13.0 Å². The Labute approximate surface area is 208 Å². The lowest BCUT2D eigenvalue weighted by atomic mass is 9.59. The van der Waals surface area contributed by atoms with Gasteiger partial charge < -0.3 is 5.11 Å². The summed E-state index contributed by atoms with van der Waals surface area (Å²) in [5.41, 5.74) is 1.79. The third kappa shape index (κ3) is 3.21. The minimum absolute atomic E-state index is 0.0858. The van der Waals surface area contributed by atoms with E-state index < -0.39 is 35.2 Å². The highest BCUT2D eigenvalue weighted by atomic mass is 19.1. The van der Waals surface area contributed by atoms with Gasteiger partial charge in [-0.3, -0.25) is 24.1 Å². The lowest BCUT2D eigenvalue weighted by Gasteiger charge is -2.42. The van der Waals surface area contributed by atoms with Crippen molar-refractivity contribution in [3.05, 3.63) is 64.0 Å². The van der Waals surface area contributed by atoms with Crippen LogP contribution in [0.4, 0.5) is 4.39 Å². The Morgan fingerprint density at radius 1 is 1.00 bits per heavy atom. The molecule has 1 heterocycles. The number of para-hydroxylation sites is 1. The molecule has 7 heteroatoms. The maximum absolute atomic E-state index is 14.4. The van der Waals surface area contributed by atoms with Crippen LogP contribution in [0.5, 0.6) is 5.75 Å². The molecular formula is C29H28FNO5. The fourth-order valence-electron chi connectivity index (χ4n) is 7.23. The summed E-state index contributed by atoms with van der Waals surface area (Å²) in [7, 11) is 0. The number of carbonyl (C=O) groups excluding carboxylic acids is 4. The number of carbonyl (C=O) groups is 4. The highest BCUT2D eigenvalue weighted by molar-refractivity contribution is 6.23. The number of nitrogens with zero attached hydrogens (tertiary/aromatic N) is 1. The Morgan fingerprint density at radius 3 is 2.50 bits per heavy atom. The van der Waals surface area contributed by atoms with E-state index in [9.17, 15) is 28.7 Å². The first-order valence-electron chi connectivity index (χ1n) is 12.8. The molecule has 2 fully saturated rings. The zero-order chi connectivity index (χ0) is 25.3. The lowest BCUT2D eigenvalue weighted by molar-refractivity contribution is -0.143. The Kier molecular flexibility index (Phi) is 5.36. The molecule has 2 amide bonds. The number of likely N-dealkylation sites (tertiary alicyclic amines) is 1. The average molecular weight is 490 g/mol. The van der Waals surface area contributed by atoms with Gasteiger partial charge in [0.05, 0.1) is 11.8 Å². The van der Waals surface area contributed by atoms with Gasteiger partial charge in [-0.1, -0.05) is 43.0 Å². The summed E-state index contributed by atoms with van der Waals surface area (Å²) in [6.45, 7) is 1.59. The number of fused-ring (bicyclic) bond motifs is 3. The van der Waals surface area contributed by atoms with Crippen molar-refractivity contribution in [2.24, 2.45) is 17.8 Å². The number of phenols is 1. The van der Waals surface area contributed by atoms with Gasteiger partial charge in [-0.2, -0.15) is 0 Å².